The van der Waals surface area contributed by atoms with Crippen molar-refractivity contribution in [1.82, 2.24) is 0 Å². The molecule has 0 spiro atoms. The Bertz CT molecular complexity index is 1120. The first-order valence-electron chi connectivity index (χ1n) is 7.52. The topological polar surface area (TPSA) is 34.1 Å². The summed E-state index contributed by atoms with van der Waals surface area (Å²) in [5, 5.41) is -0.527. The van der Waals surface area contributed by atoms with Gasteiger partial charge >= 0.3 is 0 Å². The van der Waals surface area contributed by atoms with Gasteiger partial charge < -0.3 is 0 Å². The SMILES string of the molecule is CS(=O)(=O)c1ccc(-c2cc(F)c(F)cc2-c2cc(Cl)c(F)c(Cl)c2)cc1. The predicted molar refractivity (Wildman–Crippen MR) is 100 cm³/mol. The summed E-state index contributed by atoms with van der Waals surface area (Å²) in [4.78, 5) is 0.0863. The van der Waals surface area contributed by atoms with Gasteiger partial charge in [-0.25, -0.2) is 21.6 Å². The fourth-order valence-corrected chi connectivity index (χ4v) is 3.73. The van der Waals surface area contributed by atoms with E-state index in [9.17, 15) is 21.6 Å². The summed E-state index contributed by atoms with van der Waals surface area (Å²) in [7, 11) is -3.41. The van der Waals surface area contributed by atoms with E-state index in [0.717, 1.165) is 18.4 Å². The van der Waals surface area contributed by atoms with E-state index < -0.39 is 27.3 Å². The van der Waals surface area contributed by atoms with Gasteiger partial charge in [-0.15, -0.1) is 0 Å². The van der Waals surface area contributed by atoms with Crippen LogP contribution in [-0.4, -0.2) is 14.7 Å². The first-order chi connectivity index (χ1) is 12.6. The number of hydrogen-bond acceptors (Lipinski definition) is 2. The van der Waals surface area contributed by atoms with Crippen LogP contribution in [0, 0.1) is 17.5 Å². The maximum Gasteiger partial charge on any atom is 0.175 e. The quantitative estimate of drug-likeness (QED) is 0.467. The highest BCUT2D eigenvalue weighted by molar-refractivity contribution is 7.90. The molecule has 0 saturated carbocycles. The van der Waals surface area contributed by atoms with Gasteiger partial charge in [-0.3, -0.25) is 0 Å². The minimum absolute atomic E-state index is 0.0863. The molecule has 0 radical (unpaired) electrons. The van der Waals surface area contributed by atoms with Crippen LogP contribution in [-0.2, 0) is 9.84 Å². The fraction of sp³-hybridized carbons (Fsp3) is 0.0526. The molecule has 3 aromatic rings. The van der Waals surface area contributed by atoms with Gasteiger partial charge in [-0.2, -0.15) is 0 Å². The van der Waals surface area contributed by atoms with E-state index >= 15 is 0 Å². The van der Waals surface area contributed by atoms with Gasteiger partial charge in [0, 0.05) is 6.26 Å². The Kier molecular flexibility index (Phi) is 5.25. The normalized spacial score (nSPS) is 11.6. The van der Waals surface area contributed by atoms with Crippen molar-refractivity contribution >= 4 is 33.0 Å². The number of rotatable bonds is 3. The Morgan fingerprint density at radius 2 is 1.19 bits per heavy atom. The van der Waals surface area contributed by atoms with Gasteiger partial charge in [-0.1, -0.05) is 35.3 Å². The van der Waals surface area contributed by atoms with Crippen LogP contribution in [0.25, 0.3) is 22.3 Å². The zero-order valence-electron chi connectivity index (χ0n) is 13.7. The number of sulfone groups is 1. The first-order valence-corrected chi connectivity index (χ1v) is 10.2. The molecule has 2 nitrogen and oxygen atoms in total. The second-order valence-electron chi connectivity index (χ2n) is 5.86. The van der Waals surface area contributed by atoms with Crippen LogP contribution in [0.1, 0.15) is 0 Å². The molecule has 140 valence electrons. The van der Waals surface area contributed by atoms with E-state index in [1.165, 1.54) is 36.4 Å². The highest BCUT2D eigenvalue weighted by Gasteiger charge is 2.17. The first kappa shape index (κ1) is 19.7. The van der Waals surface area contributed by atoms with Crippen molar-refractivity contribution in [2.45, 2.75) is 4.90 Å². The summed E-state index contributed by atoms with van der Waals surface area (Å²) >= 11 is 11.6. The van der Waals surface area contributed by atoms with Crippen LogP contribution in [0.5, 0.6) is 0 Å². The van der Waals surface area contributed by atoms with Crippen LogP contribution in [0.4, 0.5) is 13.2 Å². The molecule has 0 amide bonds. The van der Waals surface area contributed by atoms with Crippen LogP contribution < -0.4 is 0 Å². The number of benzene rings is 3. The summed E-state index contributed by atoms with van der Waals surface area (Å²) in [6.45, 7) is 0. The van der Waals surface area contributed by atoms with E-state index in [0.29, 0.717) is 5.56 Å². The van der Waals surface area contributed by atoms with Crippen molar-refractivity contribution in [3.63, 3.8) is 0 Å². The van der Waals surface area contributed by atoms with E-state index in [-0.39, 0.29) is 31.6 Å². The fourth-order valence-electron chi connectivity index (χ4n) is 2.62. The highest BCUT2D eigenvalue weighted by atomic mass is 35.5. The van der Waals surface area contributed by atoms with E-state index in [1.807, 2.05) is 0 Å². The van der Waals surface area contributed by atoms with Gasteiger partial charge in [0.15, 0.2) is 27.3 Å². The van der Waals surface area contributed by atoms with E-state index in [2.05, 4.69) is 0 Å². The Morgan fingerprint density at radius 3 is 1.63 bits per heavy atom. The lowest BCUT2D eigenvalue weighted by molar-refractivity contribution is 0.509. The molecule has 0 aliphatic carbocycles. The Balaban J connectivity index is 2.24. The molecule has 3 rings (SSSR count). The van der Waals surface area contributed by atoms with Crippen molar-refractivity contribution in [3.8, 4) is 22.3 Å². The monoisotopic (exact) mass is 430 g/mol. The van der Waals surface area contributed by atoms with Gasteiger partial charge in [0.25, 0.3) is 0 Å². The van der Waals surface area contributed by atoms with Crippen molar-refractivity contribution in [2.75, 3.05) is 6.26 Å². The molecule has 0 saturated heterocycles. The molecule has 0 atom stereocenters. The third-order valence-corrected chi connectivity index (χ3v) is 5.63. The third-order valence-electron chi connectivity index (χ3n) is 3.95. The van der Waals surface area contributed by atoms with Gasteiger partial charge in [0.05, 0.1) is 14.9 Å². The molecule has 8 heteroatoms. The summed E-state index contributed by atoms with van der Waals surface area (Å²) in [6.07, 6.45) is 1.06. The number of hydrogen-bond donors (Lipinski definition) is 0. The summed E-state index contributed by atoms with van der Waals surface area (Å²) in [5.41, 5.74) is 1.22. The van der Waals surface area contributed by atoms with E-state index in [4.69, 9.17) is 23.2 Å². The molecule has 27 heavy (non-hydrogen) atoms. The van der Waals surface area contributed by atoms with Crippen molar-refractivity contribution < 1.29 is 21.6 Å². The lowest BCUT2D eigenvalue weighted by atomic mass is 9.94. The van der Waals surface area contributed by atoms with Crippen LogP contribution in [0.3, 0.4) is 0 Å². The Hall–Kier alpha value is -2.02. The smallest absolute Gasteiger partial charge is 0.175 e. The van der Waals surface area contributed by atoms with Crippen molar-refractivity contribution in [2.24, 2.45) is 0 Å². The molecule has 0 aromatic heterocycles. The van der Waals surface area contributed by atoms with Crippen molar-refractivity contribution in [3.05, 3.63) is 76.0 Å². The third kappa shape index (κ3) is 3.98. The molecule has 0 unspecified atom stereocenters. The van der Waals surface area contributed by atoms with Gasteiger partial charge in [-0.05, 0) is 58.7 Å². The molecular formula is C19H11Cl2F3O2S. The molecule has 0 bridgehead atoms. The van der Waals surface area contributed by atoms with Crippen LogP contribution in [0.15, 0.2) is 53.4 Å². The second kappa shape index (κ2) is 7.19. The largest absolute Gasteiger partial charge is 0.224 e. The molecule has 3 aromatic carbocycles. The molecule has 0 N–H and O–H groups in total. The summed E-state index contributed by atoms with van der Waals surface area (Å²) < 4.78 is 64.6. The lowest BCUT2D eigenvalue weighted by Gasteiger charge is -2.13. The minimum atomic E-state index is -3.41. The zero-order chi connectivity index (χ0) is 19.9. The molecule has 0 fully saturated rings. The Morgan fingerprint density at radius 1 is 0.741 bits per heavy atom. The van der Waals surface area contributed by atoms with Crippen LogP contribution >= 0.6 is 23.2 Å². The maximum absolute atomic E-state index is 13.9. The second-order valence-corrected chi connectivity index (χ2v) is 8.69. The lowest BCUT2D eigenvalue weighted by Crippen LogP contribution is -1.97. The maximum atomic E-state index is 13.9. The molecular weight excluding hydrogens is 420 g/mol. The average molecular weight is 431 g/mol. The summed E-state index contributed by atoms with van der Waals surface area (Å²) in [5.74, 6) is -3.00. The minimum Gasteiger partial charge on any atom is -0.224 e. The van der Waals surface area contributed by atoms with Gasteiger partial charge in [0.1, 0.15) is 0 Å². The molecule has 0 aliphatic rings. The standard InChI is InChI=1S/C19H11Cl2F3O2S/c1-27(25,26)12-4-2-10(3-5-12)13-8-17(22)18(23)9-14(13)11-6-15(20)19(24)16(21)7-11/h2-9H,1H3. The highest BCUT2D eigenvalue weighted by Crippen LogP contribution is 2.37. The van der Waals surface area contributed by atoms with E-state index in [1.54, 1.807) is 0 Å². The molecule has 0 aliphatic heterocycles. The predicted octanol–water partition coefficient (Wildman–Crippen LogP) is 6.15. The van der Waals surface area contributed by atoms with Crippen molar-refractivity contribution in [1.29, 1.82) is 0 Å². The number of halogens is 5. The average Bonchev–Trinajstić information content (AvgIpc) is 2.60. The molecule has 0 heterocycles. The van der Waals surface area contributed by atoms with Gasteiger partial charge in [0.2, 0.25) is 0 Å². The Labute approximate surface area is 164 Å². The zero-order valence-corrected chi connectivity index (χ0v) is 16.1. The summed E-state index contributed by atoms with van der Waals surface area (Å²) in [6, 6.07) is 10.1. The van der Waals surface area contributed by atoms with Crippen LogP contribution in [0.2, 0.25) is 10.0 Å².